The molecule has 128 valence electrons. The molecule has 0 N–H and O–H groups in total. The first kappa shape index (κ1) is 16.9. The average Bonchev–Trinajstić information content (AvgIpc) is 2.62. The summed E-state index contributed by atoms with van der Waals surface area (Å²) in [5.41, 5.74) is 0.390. The van der Waals surface area contributed by atoms with Gasteiger partial charge in [0.1, 0.15) is 0 Å². The van der Waals surface area contributed by atoms with Crippen LogP contribution in [-0.4, -0.2) is 22.2 Å². The molecule has 3 aromatic rings. The fourth-order valence-electron chi connectivity index (χ4n) is 2.41. The summed E-state index contributed by atoms with van der Waals surface area (Å²) in [4.78, 5) is 5.57. The Morgan fingerprint density at radius 2 is 1.48 bits per heavy atom. The van der Waals surface area contributed by atoms with Gasteiger partial charge in [0.15, 0.2) is 11.6 Å². The second-order valence-electron chi connectivity index (χ2n) is 5.51. The Morgan fingerprint density at radius 3 is 2.08 bits per heavy atom. The summed E-state index contributed by atoms with van der Waals surface area (Å²) in [5, 5.41) is 7.07. The van der Waals surface area contributed by atoms with E-state index in [4.69, 9.17) is 0 Å². The molecule has 0 aliphatic heterocycles. The Balaban J connectivity index is 2.02. The van der Waals surface area contributed by atoms with E-state index >= 15 is 0 Å². The highest BCUT2D eigenvalue weighted by atomic mass is 19.4. The molecule has 1 aromatic heterocycles. The van der Waals surface area contributed by atoms with Crippen LogP contribution in [0.3, 0.4) is 0 Å². The summed E-state index contributed by atoms with van der Waals surface area (Å²) in [6.45, 7) is 0.275. The van der Waals surface area contributed by atoms with E-state index in [1.807, 2.05) is 36.4 Å². The number of hydrogen-bond donors (Lipinski definition) is 0. The molecule has 0 unspecified atom stereocenters. The first-order valence-corrected chi connectivity index (χ1v) is 7.57. The van der Waals surface area contributed by atoms with Crippen molar-refractivity contribution in [2.75, 3.05) is 11.9 Å². The van der Waals surface area contributed by atoms with E-state index in [0.29, 0.717) is 5.56 Å². The van der Waals surface area contributed by atoms with Gasteiger partial charge < -0.3 is 4.90 Å². The molecule has 25 heavy (non-hydrogen) atoms. The molecule has 0 aliphatic rings. The van der Waals surface area contributed by atoms with Gasteiger partial charge in [-0.05, 0) is 5.56 Å². The summed E-state index contributed by atoms with van der Waals surface area (Å²) in [6, 6.07) is 18.0. The Kier molecular flexibility index (Phi) is 4.65. The fourth-order valence-corrected chi connectivity index (χ4v) is 2.41. The van der Waals surface area contributed by atoms with E-state index in [-0.39, 0.29) is 18.2 Å². The van der Waals surface area contributed by atoms with Gasteiger partial charge in [0.25, 0.3) is 0 Å². The third-order valence-electron chi connectivity index (χ3n) is 3.59. The highest BCUT2D eigenvalue weighted by molar-refractivity contribution is 5.57. The molecule has 3 rings (SSSR count). The molecular formula is C18H15F3N4. The van der Waals surface area contributed by atoms with Crippen LogP contribution in [0.4, 0.5) is 19.0 Å². The smallest absolute Gasteiger partial charge is 0.353 e. The lowest BCUT2D eigenvalue weighted by atomic mass is 10.2. The van der Waals surface area contributed by atoms with Crippen molar-refractivity contribution in [1.29, 1.82) is 0 Å². The van der Waals surface area contributed by atoms with Gasteiger partial charge in [-0.1, -0.05) is 60.7 Å². The second kappa shape index (κ2) is 6.88. The van der Waals surface area contributed by atoms with Crippen molar-refractivity contribution in [2.24, 2.45) is 0 Å². The first-order chi connectivity index (χ1) is 11.9. The van der Waals surface area contributed by atoms with E-state index < -0.39 is 11.9 Å². The molecule has 0 spiro atoms. The summed E-state index contributed by atoms with van der Waals surface area (Å²) in [7, 11) is 1.56. The molecular weight excluding hydrogens is 329 g/mol. The molecule has 0 amide bonds. The van der Waals surface area contributed by atoms with Gasteiger partial charge in [-0.25, -0.2) is 4.98 Å². The van der Waals surface area contributed by atoms with E-state index in [1.54, 1.807) is 31.3 Å². The molecule has 1 heterocycles. The van der Waals surface area contributed by atoms with Crippen LogP contribution in [0.1, 0.15) is 11.3 Å². The fraction of sp³-hybridized carbons (Fsp3) is 0.167. The van der Waals surface area contributed by atoms with Gasteiger partial charge in [-0.15, -0.1) is 10.2 Å². The van der Waals surface area contributed by atoms with Gasteiger partial charge in [-0.2, -0.15) is 13.2 Å². The normalized spacial score (nSPS) is 11.4. The maximum Gasteiger partial charge on any atom is 0.438 e. The highest BCUT2D eigenvalue weighted by Gasteiger charge is 2.38. The van der Waals surface area contributed by atoms with Gasteiger partial charge >= 0.3 is 6.18 Å². The lowest BCUT2D eigenvalue weighted by Crippen LogP contribution is -2.24. The Bertz CT molecular complexity index is 836. The standard InChI is InChI=1S/C18H15F3N4/c1-25(12-13-8-4-2-5-9-13)17-15(18(19,20)21)23-24-16(22-17)14-10-6-3-7-11-14/h2-11H,12H2,1H3. The lowest BCUT2D eigenvalue weighted by molar-refractivity contribution is -0.141. The van der Waals surface area contributed by atoms with Crippen molar-refractivity contribution in [2.45, 2.75) is 12.7 Å². The predicted molar refractivity (Wildman–Crippen MR) is 88.8 cm³/mol. The minimum Gasteiger partial charge on any atom is -0.353 e. The van der Waals surface area contributed by atoms with Crippen LogP contribution in [0, 0.1) is 0 Å². The largest absolute Gasteiger partial charge is 0.438 e. The van der Waals surface area contributed by atoms with Gasteiger partial charge in [0, 0.05) is 19.2 Å². The van der Waals surface area contributed by atoms with Crippen molar-refractivity contribution in [3.05, 3.63) is 71.9 Å². The van der Waals surface area contributed by atoms with Crippen LogP contribution >= 0.6 is 0 Å². The van der Waals surface area contributed by atoms with Crippen molar-refractivity contribution in [1.82, 2.24) is 15.2 Å². The third kappa shape index (κ3) is 3.93. The van der Waals surface area contributed by atoms with Crippen molar-refractivity contribution in [3.63, 3.8) is 0 Å². The summed E-state index contributed by atoms with van der Waals surface area (Å²) >= 11 is 0. The molecule has 2 aromatic carbocycles. The van der Waals surface area contributed by atoms with Crippen LogP contribution in [0.25, 0.3) is 11.4 Å². The number of nitrogens with zero attached hydrogens (tertiary/aromatic N) is 4. The number of alkyl halides is 3. The summed E-state index contributed by atoms with van der Waals surface area (Å²) in [6.07, 6.45) is -4.63. The van der Waals surface area contributed by atoms with Gasteiger partial charge in [-0.3, -0.25) is 0 Å². The Labute approximate surface area is 143 Å². The zero-order valence-corrected chi connectivity index (χ0v) is 13.4. The van der Waals surface area contributed by atoms with E-state index in [0.717, 1.165) is 5.56 Å². The maximum atomic E-state index is 13.3. The molecule has 0 saturated heterocycles. The number of halogens is 3. The monoisotopic (exact) mass is 344 g/mol. The molecule has 7 heteroatoms. The van der Waals surface area contributed by atoms with Crippen LogP contribution in [0.15, 0.2) is 60.7 Å². The highest BCUT2D eigenvalue weighted by Crippen LogP contribution is 2.34. The summed E-state index contributed by atoms with van der Waals surface area (Å²) < 4.78 is 39.9. The van der Waals surface area contributed by atoms with Crippen molar-refractivity contribution >= 4 is 5.82 Å². The molecule has 0 saturated carbocycles. The lowest BCUT2D eigenvalue weighted by Gasteiger charge is -2.21. The molecule has 4 nitrogen and oxygen atoms in total. The zero-order chi connectivity index (χ0) is 17.9. The minimum absolute atomic E-state index is 0.156. The molecule has 0 aliphatic carbocycles. The number of benzene rings is 2. The quantitative estimate of drug-likeness (QED) is 0.712. The minimum atomic E-state index is -4.63. The average molecular weight is 344 g/mol. The van der Waals surface area contributed by atoms with Crippen molar-refractivity contribution in [3.8, 4) is 11.4 Å². The molecule has 0 fully saturated rings. The number of anilines is 1. The molecule has 0 bridgehead atoms. The van der Waals surface area contributed by atoms with Crippen LogP contribution in [0.5, 0.6) is 0 Å². The van der Waals surface area contributed by atoms with Gasteiger partial charge in [0.05, 0.1) is 0 Å². The topological polar surface area (TPSA) is 41.9 Å². The second-order valence-corrected chi connectivity index (χ2v) is 5.51. The molecule has 0 radical (unpaired) electrons. The van der Waals surface area contributed by atoms with E-state index in [1.165, 1.54) is 4.90 Å². The van der Waals surface area contributed by atoms with Crippen molar-refractivity contribution < 1.29 is 13.2 Å². The maximum absolute atomic E-state index is 13.3. The Hall–Kier alpha value is -2.96. The first-order valence-electron chi connectivity index (χ1n) is 7.57. The van der Waals surface area contributed by atoms with Crippen LogP contribution < -0.4 is 4.90 Å². The predicted octanol–water partition coefficient (Wildman–Crippen LogP) is 4.19. The summed E-state index contributed by atoms with van der Waals surface area (Å²) in [5.74, 6) is -0.0892. The number of hydrogen-bond acceptors (Lipinski definition) is 4. The van der Waals surface area contributed by atoms with Crippen LogP contribution in [0.2, 0.25) is 0 Å². The third-order valence-corrected chi connectivity index (χ3v) is 3.59. The van der Waals surface area contributed by atoms with Crippen LogP contribution in [-0.2, 0) is 12.7 Å². The SMILES string of the molecule is CN(Cc1ccccc1)c1nc(-c2ccccc2)nnc1C(F)(F)F. The van der Waals surface area contributed by atoms with Gasteiger partial charge in [0.2, 0.25) is 5.69 Å². The number of aromatic nitrogens is 3. The van der Waals surface area contributed by atoms with E-state index in [2.05, 4.69) is 15.2 Å². The Morgan fingerprint density at radius 1 is 0.880 bits per heavy atom. The molecule has 0 atom stereocenters. The van der Waals surface area contributed by atoms with E-state index in [9.17, 15) is 13.2 Å². The zero-order valence-electron chi connectivity index (χ0n) is 13.4. The number of rotatable bonds is 4.